The summed E-state index contributed by atoms with van der Waals surface area (Å²) < 4.78 is 30.4. The monoisotopic (exact) mass is 433 g/mol. The molecule has 4 aromatic rings. The van der Waals surface area contributed by atoms with Crippen molar-refractivity contribution in [3.63, 3.8) is 0 Å². The van der Waals surface area contributed by atoms with Crippen LogP contribution in [0.25, 0.3) is 11.0 Å². The summed E-state index contributed by atoms with van der Waals surface area (Å²) >= 11 is 0. The lowest BCUT2D eigenvalue weighted by atomic mass is 10.1. The number of benzene rings is 3. The predicted molar refractivity (Wildman–Crippen MR) is 126 cm³/mol. The predicted octanol–water partition coefficient (Wildman–Crippen LogP) is 5.20. The summed E-state index contributed by atoms with van der Waals surface area (Å²) in [4.78, 5) is 5.06. The van der Waals surface area contributed by atoms with Crippen molar-refractivity contribution in [1.29, 1.82) is 0 Å². The fraction of sp³-hybridized carbons (Fsp3) is 0.240. The standard InChI is InChI=1S/C25H27N3O2S/c1-3-19-12-15-22(16-13-19)31(29,30)27-21-9-7-8-20(18-21)14-17-25-26-23-10-5-6-11-24(23)28(25)4-2/h5-13,15-16,18,27H,3-4,14,17H2,1-2H3. The Bertz CT molecular complexity index is 1290. The minimum Gasteiger partial charge on any atom is -0.328 e. The van der Waals surface area contributed by atoms with E-state index in [-0.39, 0.29) is 4.90 Å². The zero-order chi connectivity index (χ0) is 21.8. The average Bonchev–Trinajstić information content (AvgIpc) is 3.15. The van der Waals surface area contributed by atoms with Crippen molar-refractivity contribution in [1.82, 2.24) is 9.55 Å². The normalized spacial score (nSPS) is 11.7. The summed E-state index contributed by atoms with van der Waals surface area (Å²) in [5, 5.41) is 0. The molecule has 0 unspecified atom stereocenters. The maximum atomic E-state index is 12.8. The van der Waals surface area contributed by atoms with E-state index in [1.165, 1.54) is 0 Å². The van der Waals surface area contributed by atoms with Crippen LogP contribution >= 0.6 is 0 Å². The highest BCUT2D eigenvalue weighted by molar-refractivity contribution is 7.92. The maximum Gasteiger partial charge on any atom is 0.261 e. The van der Waals surface area contributed by atoms with E-state index in [9.17, 15) is 8.42 Å². The fourth-order valence-electron chi connectivity index (χ4n) is 3.83. The molecule has 0 fully saturated rings. The molecule has 1 aromatic heterocycles. The maximum absolute atomic E-state index is 12.8. The third kappa shape index (κ3) is 4.64. The Morgan fingerprint density at radius 3 is 2.39 bits per heavy atom. The summed E-state index contributed by atoms with van der Waals surface area (Å²) in [6, 6.07) is 22.8. The van der Waals surface area contributed by atoms with Gasteiger partial charge >= 0.3 is 0 Å². The molecule has 5 nitrogen and oxygen atoms in total. The van der Waals surface area contributed by atoms with E-state index in [0.29, 0.717) is 5.69 Å². The Labute approximate surface area is 183 Å². The first kappa shape index (κ1) is 21.1. The molecule has 0 radical (unpaired) electrons. The van der Waals surface area contributed by atoms with Gasteiger partial charge in [-0.2, -0.15) is 0 Å². The number of anilines is 1. The number of aryl methyl sites for hydroxylation is 4. The van der Waals surface area contributed by atoms with Crippen LogP contribution < -0.4 is 4.72 Å². The SMILES string of the molecule is CCc1ccc(S(=O)(=O)Nc2cccc(CCc3nc4ccccc4n3CC)c2)cc1. The second-order valence-corrected chi connectivity index (χ2v) is 9.25. The molecular weight excluding hydrogens is 406 g/mol. The summed E-state index contributed by atoms with van der Waals surface area (Å²) in [5.74, 6) is 1.05. The molecule has 0 saturated heterocycles. The Morgan fingerprint density at radius 2 is 1.65 bits per heavy atom. The van der Waals surface area contributed by atoms with Crippen LogP contribution in [0.15, 0.2) is 77.7 Å². The van der Waals surface area contributed by atoms with Crippen LogP contribution in [0, 0.1) is 0 Å². The molecule has 31 heavy (non-hydrogen) atoms. The summed E-state index contributed by atoms with van der Waals surface area (Å²) in [6.07, 6.45) is 2.45. The first-order chi connectivity index (χ1) is 15.0. The molecule has 0 aliphatic rings. The number of fused-ring (bicyclic) bond motifs is 1. The molecule has 6 heteroatoms. The van der Waals surface area contributed by atoms with Gasteiger partial charge in [0.1, 0.15) is 5.82 Å². The van der Waals surface area contributed by atoms with Crippen LogP contribution in [-0.2, 0) is 35.8 Å². The van der Waals surface area contributed by atoms with Crippen LogP contribution in [0.5, 0.6) is 0 Å². The van der Waals surface area contributed by atoms with Crippen LogP contribution in [0.2, 0.25) is 0 Å². The van der Waals surface area contributed by atoms with Gasteiger partial charge in [0.05, 0.1) is 15.9 Å². The van der Waals surface area contributed by atoms with Crippen molar-refractivity contribution in [3.05, 3.63) is 89.7 Å². The van der Waals surface area contributed by atoms with E-state index in [4.69, 9.17) is 4.98 Å². The zero-order valence-electron chi connectivity index (χ0n) is 17.9. The van der Waals surface area contributed by atoms with Crippen molar-refractivity contribution in [2.24, 2.45) is 0 Å². The van der Waals surface area contributed by atoms with E-state index in [0.717, 1.165) is 53.8 Å². The molecule has 0 amide bonds. The molecular formula is C25H27N3O2S. The Morgan fingerprint density at radius 1 is 0.871 bits per heavy atom. The van der Waals surface area contributed by atoms with Gasteiger partial charge in [-0.1, -0.05) is 43.3 Å². The van der Waals surface area contributed by atoms with Gasteiger partial charge in [-0.25, -0.2) is 13.4 Å². The van der Waals surface area contributed by atoms with Gasteiger partial charge in [0.2, 0.25) is 0 Å². The molecule has 0 bridgehead atoms. The summed E-state index contributed by atoms with van der Waals surface area (Å²) in [5.41, 5.74) is 4.90. The minimum atomic E-state index is -3.62. The van der Waals surface area contributed by atoms with Crippen molar-refractivity contribution in [2.75, 3.05) is 4.72 Å². The Balaban J connectivity index is 1.50. The Kier molecular flexibility index (Phi) is 6.09. The first-order valence-electron chi connectivity index (χ1n) is 10.6. The molecule has 160 valence electrons. The number of rotatable bonds is 8. The molecule has 4 rings (SSSR count). The molecule has 0 aliphatic heterocycles. The Hall–Kier alpha value is -3.12. The van der Waals surface area contributed by atoms with Gasteiger partial charge in [-0.05, 0) is 67.3 Å². The number of aromatic nitrogens is 2. The van der Waals surface area contributed by atoms with Crippen LogP contribution in [-0.4, -0.2) is 18.0 Å². The van der Waals surface area contributed by atoms with Gasteiger partial charge < -0.3 is 4.57 Å². The van der Waals surface area contributed by atoms with E-state index < -0.39 is 10.0 Å². The summed E-state index contributed by atoms with van der Waals surface area (Å²) in [7, 11) is -3.62. The number of hydrogen-bond donors (Lipinski definition) is 1. The van der Waals surface area contributed by atoms with Gasteiger partial charge in [-0.15, -0.1) is 0 Å². The van der Waals surface area contributed by atoms with Gasteiger partial charge in [-0.3, -0.25) is 4.72 Å². The van der Waals surface area contributed by atoms with Crippen molar-refractivity contribution in [2.45, 2.75) is 44.6 Å². The lowest BCUT2D eigenvalue weighted by molar-refractivity contribution is 0.601. The van der Waals surface area contributed by atoms with E-state index in [1.54, 1.807) is 18.2 Å². The minimum absolute atomic E-state index is 0.270. The van der Waals surface area contributed by atoms with Crippen LogP contribution in [0.4, 0.5) is 5.69 Å². The second-order valence-electron chi connectivity index (χ2n) is 7.56. The molecule has 0 spiro atoms. The zero-order valence-corrected chi connectivity index (χ0v) is 18.7. The molecule has 0 atom stereocenters. The largest absolute Gasteiger partial charge is 0.328 e. The number of nitrogens with one attached hydrogen (secondary N) is 1. The van der Waals surface area contributed by atoms with E-state index in [1.807, 2.05) is 55.5 Å². The topological polar surface area (TPSA) is 64.0 Å². The van der Waals surface area contributed by atoms with Crippen molar-refractivity contribution < 1.29 is 8.42 Å². The number of imidazole rings is 1. The van der Waals surface area contributed by atoms with Crippen LogP contribution in [0.3, 0.4) is 0 Å². The van der Waals surface area contributed by atoms with E-state index >= 15 is 0 Å². The molecule has 1 N–H and O–H groups in total. The van der Waals surface area contributed by atoms with Crippen molar-refractivity contribution >= 4 is 26.7 Å². The highest BCUT2D eigenvalue weighted by atomic mass is 32.2. The van der Waals surface area contributed by atoms with Gasteiger partial charge in [0, 0.05) is 18.7 Å². The number of para-hydroxylation sites is 2. The lowest BCUT2D eigenvalue weighted by Gasteiger charge is -2.11. The molecule has 1 heterocycles. The molecule has 0 saturated carbocycles. The number of sulfonamides is 1. The van der Waals surface area contributed by atoms with Crippen molar-refractivity contribution in [3.8, 4) is 0 Å². The van der Waals surface area contributed by atoms with Gasteiger partial charge in [0.15, 0.2) is 0 Å². The molecule has 3 aromatic carbocycles. The number of nitrogens with zero attached hydrogens (tertiary/aromatic N) is 2. The average molecular weight is 434 g/mol. The third-order valence-electron chi connectivity index (χ3n) is 5.51. The smallest absolute Gasteiger partial charge is 0.261 e. The quantitative estimate of drug-likeness (QED) is 0.415. The van der Waals surface area contributed by atoms with E-state index in [2.05, 4.69) is 22.3 Å². The van der Waals surface area contributed by atoms with Crippen LogP contribution in [0.1, 0.15) is 30.8 Å². The second kappa shape index (κ2) is 8.94. The lowest BCUT2D eigenvalue weighted by Crippen LogP contribution is -2.13. The summed E-state index contributed by atoms with van der Waals surface area (Å²) in [6.45, 7) is 5.04. The fourth-order valence-corrected chi connectivity index (χ4v) is 4.88. The third-order valence-corrected chi connectivity index (χ3v) is 6.91. The first-order valence-corrected chi connectivity index (χ1v) is 12.1. The van der Waals surface area contributed by atoms with Gasteiger partial charge in [0.25, 0.3) is 10.0 Å². The highest BCUT2D eigenvalue weighted by Crippen LogP contribution is 2.20. The number of hydrogen-bond acceptors (Lipinski definition) is 3. The molecule has 0 aliphatic carbocycles. The highest BCUT2D eigenvalue weighted by Gasteiger charge is 2.14.